The normalized spacial score (nSPS) is 18.4. The molecule has 1 heterocycles. The fraction of sp³-hybridized carbons (Fsp3) is 0.500. The summed E-state index contributed by atoms with van der Waals surface area (Å²) < 4.78 is 5.59. The summed E-state index contributed by atoms with van der Waals surface area (Å²) in [7, 11) is 1.89. The van der Waals surface area contributed by atoms with Crippen LogP contribution in [0, 0.1) is 0 Å². The molecule has 0 bridgehead atoms. The van der Waals surface area contributed by atoms with Crippen LogP contribution in [-0.2, 0) is 4.79 Å². The third-order valence-corrected chi connectivity index (χ3v) is 4.24. The summed E-state index contributed by atoms with van der Waals surface area (Å²) in [6.45, 7) is 2.85. The van der Waals surface area contributed by atoms with Gasteiger partial charge in [0.15, 0.2) is 0 Å². The van der Waals surface area contributed by atoms with Crippen LogP contribution in [0.3, 0.4) is 0 Å². The van der Waals surface area contributed by atoms with Crippen molar-refractivity contribution in [1.82, 2.24) is 21.5 Å². The van der Waals surface area contributed by atoms with Crippen molar-refractivity contribution in [3.05, 3.63) is 24.3 Å². The highest BCUT2D eigenvalue weighted by molar-refractivity contribution is 8.00. The second-order valence-electron chi connectivity index (χ2n) is 4.93. The van der Waals surface area contributed by atoms with Gasteiger partial charge in [-0.25, -0.2) is 10.4 Å². The van der Waals surface area contributed by atoms with Crippen LogP contribution in [0.1, 0.15) is 19.8 Å². The smallest absolute Gasteiger partial charge is 0.234 e. The van der Waals surface area contributed by atoms with Crippen molar-refractivity contribution in [3.63, 3.8) is 0 Å². The number of hydrazine groups is 3. The van der Waals surface area contributed by atoms with Crippen LogP contribution in [0.15, 0.2) is 24.3 Å². The molecule has 1 aliphatic heterocycles. The van der Waals surface area contributed by atoms with E-state index in [1.807, 2.05) is 36.3 Å². The minimum Gasteiger partial charge on any atom is -0.494 e. The molecule has 0 radical (unpaired) electrons. The average molecular weight is 325 g/mol. The molecule has 22 heavy (non-hydrogen) atoms. The molecule has 1 aromatic carbocycles. The van der Waals surface area contributed by atoms with Crippen molar-refractivity contribution in [1.29, 1.82) is 0 Å². The van der Waals surface area contributed by atoms with E-state index in [-0.39, 0.29) is 11.4 Å². The molecule has 7 nitrogen and oxygen atoms in total. The van der Waals surface area contributed by atoms with Crippen LogP contribution >= 0.6 is 11.8 Å². The zero-order chi connectivity index (χ0) is 15.8. The van der Waals surface area contributed by atoms with Crippen molar-refractivity contribution in [2.45, 2.75) is 25.3 Å². The number of amides is 1. The zero-order valence-corrected chi connectivity index (χ0v) is 13.7. The monoisotopic (exact) mass is 325 g/mol. The number of nitrogens with zero attached hydrogens (tertiary/aromatic N) is 1. The molecule has 0 saturated carbocycles. The fourth-order valence-electron chi connectivity index (χ4n) is 1.81. The molecule has 1 fully saturated rings. The molecule has 0 aromatic heterocycles. The van der Waals surface area contributed by atoms with Crippen molar-refractivity contribution in [3.8, 4) is 5.75 Å². The Kier molecular flexibility index (Phi) is 6.94. The van der Waals surface area contributed by atoms with Gasteiger partial charge in [-0.15, -0.1) is 11.8 Å². The Hall–Kier alpha value is -1.32. The zero-order valence-electron chi connectivity index (χ0n) is 12.9. The van der Waals surface area contributed by atoms with Gasteiger partial charge in [-0.3, -0.25) is 4.79 Å². The standard InChI is InChI=1S/C14H23N5O2S/c1-3-4-9-21-12-7-5-11(6-8-12)15-13(20)10-22-14-16-17-18-19(14)2/h5-8,14,16-18H,3-4,9-10H2,1-2H3,(H,15,20). The first-order valence-electron chi connectivity index (χ1n) is 7.32. The molecule has 1 aliphatic rings. The van der Waals surface area contributed by atoms with E-state index >= 15 is 0 Å². The van der Waals surface area contributed by atoms with E-state index in [1.165, 1.54) is 11.8 Å². The first-order valence-corrected chi connectivity index (χ1v) is 8.37. The number of thioether (sulfide) groups is 1. The van der Waals surface area contributed by atoms with E-state index in [1.54, 1.807) is 0 Å². The molecule has 1 atom stereocenters. The molecule has 1 unspecified atom stereocenters. The third kappa shape index (κ3) is 5.47. The molecular weight excluding hydrogens is 302 g/mol. The number of rotatable bonds is 8. The number of nitrogens with one attached hydrogen (secondary N) is 4. The van der Waals surface area contributed by atoms with E-state index in [2.05, 4.69) is 28.7 Å². The number of carbonyl (C=O) groups is 1. The number of hydrogen-bond donors (Lipinski definition) is 4. The van der Waals surface area contributed by atoms with Crippen molar-refractivity contribution < 1.29 is 9.53 Å². The molecule has 0 aliphatic carbocycles. The Morgan fingerprint density at radius 1 is 1.41 bits per heavy atom. The Bertz CT molecular complexity index is 471. The average Bonchev–Trinajstić information content (AvgIpc) is 2.92. The minimum atomic E-state index is -0.0354. The van der Waals surface area contributed by atoms with E-state index in [0.29, 0.717) is 5.75 Å². The van der Waals surface area contributed by atoms with Gasteiger partial charge >= 0.3 is 0 Å². The van der Waals surface area contributed by atoms with Gasteiger partial charge in [0, 0.05) is 12.7 Å². The van der Waals surface area contributed by atoms with Crippen LogP contribution < -0.4 is 26.5 Å². The quantitative estimate of drug-likeness (QED) is 0.536. The van der Waals surface area contributed by atoms with Crippen LogP contribution in [0.5, 0.6) is 5.75 Å². The summed E-state index contributed by atoms with van der Waals surface area (Å²) in [6.07, 6.45) is 2.16. The van der Waals surface area contributed by atoms with Gasteiger partial charge in [-0.2, -0.15) is 11.1 Å². The van der Waals surface area contributed by atoms with Crippen LogP contribution in [0.25, 0.3) is 0 Å². The fourth-order valence-corrected chi connectivity index (χ4v) is 2.61. The van der Waals surface area contributed by atoms with Gasteiger partial charge in [-0.1, -0.05) is 13.3 Å². The molecule has 122 valence electrons. The lowest BCUT2D eigenvalue weighted by atomic mass is 10.3. The molecule has 2 rings (SSSR count). The van der Waals surface area contributed by atoms with E-state index in [0.717, 1.165) is 30.9 Å². The van der Waals surface area contributed by atoms with Crippen LogP contribution in [-0.4, -0.2) is 35.8 Å². The maximum atomic E-state index is 11.9. The lowest BCUT2D eigenvalue weighted by molar-refractivity contribution is -0.113. The first kappa shape index (κ1) is 17.0. The van der Waals surface area contributed by atoms with Crippen LogP contribution in [0.2, 0.25) is 0 Å². The highest BCUT2D eigenvalue weighted by atomic mass is 32.2. The lowest BCUT2D eigenvalue weighted by Gasteiger charge is -2.15. The van der Waals surface area contributed by atoms with Crippen molar-refractivity contribution in [2.75, 3.05) is 24.7 Å². The van der Waals surface area contributed by atoms with Gasteiger partial charge < -0.3 is 10.1 Å². The second kappa shape index (κ2) is 8.96. The topological polar surface area (TPSA) is 77.7 Å². The summed E-state index contributed by atoms with van der Waals surface area (Å²) in [5.41, 5.74) is 9.44. The van der Waals surface area contributed by atoms with Gasteiger partial charge in [0.25, 0.3) is 0 Å². The Balaban J connectivity index is 1.71. The SMILES string of the molecule is CCCCOc1ccc(NC(=O)CSC2NNNN2C)cc1. The molecule has 8 heteroatoms. The summed E-state index contributed by atoms with van der Waals surface area (Å²) in [5.74, 6) is 1.15. The number of hydrogen-bond acceptors (Lipinski definition) is 7. The molecule has 1 aromatic rings. The van der Waals surface area contributed by atoms with E-state index in [9.17, 15) is 4.79 Å². The number of benzene rings is 1. The van der Waals surface area contributed by atoms with E-state index < -0.39 is 0 Å². The third-order valence-electron chi connectivity index (χ3n) is 3.06. The summed E-state index contributed by atoms with van der Waals surface area (Å²) in [6, 6.07) is 7.46. The van der Waals surface area contributed by atoms with Crippen LogP contribution in [0.4, 0.5) is 5.69 Å². The molecule has 0 spiro atoms. The van der Waals surface area contributed by atoms with Crippen molar-refractivity contribution >= 4 is 23.4 Å². The second-order valence-corrected chi connectivity index (χ2v) is 6.00. The Labute approximate surface area is 135 Å². The molecule has 1 saturated heterocycles. The maximum absolute atomic E-state index is 11.9. The molecule has 4 N–H and O–H groups in total. The lowest BCUT2D eigenvalue weighted by Crippen LogP contribution is -2.35. The van der Waals surface area contributed by atoms with Gasteiger partial charge in [-0.05, 0) is 30.7 Å². The van der Waals surface area contributed by atoms with Gasteiger partial charge in [0.05, 0.1) is 12.4 Å². The first-order chi connectivity index (χ1) is 10.7. The summed E-state index contributed by atoms with van der Waals surface area (Å²) in [5, 5.41) is 4.72. The van der Waals surface area contributed by atoms with Crippen molar-refractivity contribution in [2.24, 2.45) is 0 Å². The minimum absolute atomic E-state index is 0.0140. The largest absolute Gasteiger partial charge is 0.494 e. The molecular formula is C14H23N5O2S. The number of carbonyl (C=O) groups excluding carboxylic acids is 1. The highest BCUT2D eigenvalue weighted by Gasteiger charge is 2.20. The summed E-state index contributed by atoms with van der Waals surface area (Å²) >= 11 is 1.49. The summed E-state index contributed by atoms with van der Waals surface area (Å²) in [4.78, 5) is 11.9. The maximum Gasteiger partial charge on any atom is 0.234 e. The molecule has 1 amide bonds. The number of unbranched alkanes of at least 4 members (excludes halogenated alkanes) is 1. The number of anilines is 1. The van der Waals surface area contributed by atoms with E-state index in [4.69, 9.17) is 4.74 Å². The predicted molar refractivity (Wildman–Crippen MR) is 88.9 cm³/mol. The highest BCUT2D eigenvalue weighted by Crippen LogP contribution is 2.17. The number of ether oxygens (including phenoxy) is 1. The van der Waals surface area contributed by atoms with Gasteiger partial charge in [0.2, 0.25) is 5.91 Å². The predicted octanol–water partition coefficient (Wildman–Crippen LogP) is 1.28. The van der Waals surface area contributed by atoms with Gasteiger partial charge in [0.1, 0.15) is 11.2 Å². The Morgan fingerprint density at radius 3 is 2.82 bits per heavy atom. The Morgan fingerprint density at radius 2 is 2.18 bits per heavy atom.